The number of aromatic nitrogens is 1. The molecule has 92 valence electrons. The van der Waals surface area contributed by atoms with E-state index in [4.69, 9.17) is 10.5 Å². The molecule has 1 aromatic carbocycles. The van der Waals surface area contributed by atoms with Crippen molar-refractivity contribution in [3.63, 3.8) is 0 Å². The summed E-state index contributed by atoms with van der Waals surface area (Å²) in [6.45, 7) is 1.96. The largest absolute Gasteiger partial charge is 0.439 e. The van der Waals surface area contributed by atoms with Gasteiger partial charge in [-0.25, -0.2) is 4.98 Å². The Labute approximate surface area is 113 Å². The number of rotatable bonds is 3. The standard InChI is InChI=1S/C13H11BrN2O2/c1-8-7-9(5-6-10(8)14)18-12-4-2-3-11(16-12)13(15)17/h2-7H,1H3,(H2,15,17). The molecule has 2 rings (SSSR count). The lowest BCUT2D eigenvalue weighted by Gasteiger charge is -2.07. The van der Waals surface area contributed by atoms with Crippen molar-refractivity contribution in [1.29, 1.82) is 0 Å². The first kappa shape index (κ1) is 12.6. The van der Waals surface area contributed by atoms with Gasteiger partial charge in [0.15, 0.2) is 0 Å². The molecule has 0 saturated heterocycles. The van der Waals surface area contributed by atoms with Gasteiger partial charge in [-0.1, -0.05) is 22.0 Å². The van der Waals surface area contributed by atoms with Crippen LogP contribution in [0.2, 0.25) is 0 Å². The molecule has 1 amide bonds. The number of carbonyl (C=O) groups is 1. The predicted octanol–water partition coefficient (Wildman–Crippen LogP) is 3.04. The third-order valence-corrected chi connectivity index (χ3v) is 3.22. The molecule has 0 saturated carbocycles. The summed E-state index contributed by atoms with van der Waals surface area (Å²) in [5.41, 5.74) is 6.39. The average Bonchev–Trinajstić information content (AvgIpc) is 2.34. The minimum atomic E-state index is -0.576. The van der Waals surface area contributed by atoms with Gasteiger partial charge in [-0.05, 0) is 36.8 Å². The molecule has 18 heavy (non-hydrogen) atoms. The number of ether oxygens (including phenoxy) is 1. The number of primary amides is 1. The van der Waals surface area contributed by atoms with Crippen molar-refractivity contribution < 1.29 is 9.53 Å². The van der Waals surface area contributed by atoms with Crippen LogP contribution in [0.3, 0.4) is 0 Å². The summed E-state index contributed by atoms with van der Waals surface area (Å²) >= 11 is 3.41. The second-order valence-corrected chi connectivity index (χ2v) is 4.59. The van der Waals surface area contributed by atoms with E-state index in [9.17, 15) is 4.79 Å². The molecular formula is C13H11BrN2O2. The number of halogens is 1. The van der Waals surface area contributed by atoms with Crippen LogP contribution < -0.4 is 10.5 Å². The molecule has 0 aliphatic heterocycles. The van der Waals surface area contributed by atoms with E-state index >= 15 is 0 Å². The minimum Gasteiger partial charge on any atom is -0.439 e. The lowest BCUT2D eigenvalue weighted by Crippen LogP contribution is -2.12. The van der Waals surface area contributed by atoms with Gasteiger partial charge < -0.3 is 10.5 Å². The van der Waals surface area contributed by atoms with E-state index < -0.39 is 5.91 Å². The van der Waals surface area contributed by atoms with E-state index in [1.165, 1.54) is 0 Å². The molecule has 2 aromatic rings. The van der Waals surface area contributed by atoms with E-state index in [2.05, 4.69) is 20.9 Å². The van der Waals surface area contributed by atoms with Gasteiger partial charge in [0.2, 0.25) is 5.88 Å². The van der Waals surface area contributed by atoms with Crippen LogP contribution in [-0.4, -0.2) is 10.9 Å². The Balaban J connectivity index is 2.25. The quantitative estimate of drug-likeness (QED) is 0.948. The summed E-state index contributed by atoms with van der Waals surface area (Å²) < 4.78 is 6.57. The van der Waals surface area contributed by atoms with Crippen molar-refractivity contribution in [2.75, 3.05) is 0 Å². The van der Waals surface area contributed by atoms with Crippen molar-refractivity contribution in [2.24, 2.45) is 5.73 Å². The Bertz CT molecular complexity index is 599. The summed E-state index contributed by atoms with van der Waals surface area (Å²) in [4.78, 5) is 15.0. The Morgan fingerprint density at radius 3 is 2.78 bits per heavy atom. The third-order valence-electron chi connectivity index (χ3n) is 2.33. The molecule has 0 fully saturated rings. The molecule has 5 heteroatoms. The SMILES string of the molecule is Cc1cc(Oc2cccc(C(N)=O)n2)ccc1Br. The number of carbonyl (C=O) groups excluding carboxylic acids is 1. The number of amides is 1. The van der Waals surface area contributed by atoms with Gasteiger partial charge in [-0.3, -0.25) is 4.79 Å². The number of nitrogens with two attached hydrogens (primary N) is 1. The highest BCUT2D eigenvalue weighted by molar-refractivity contribution is 9.10. The van der Waals surface area contributed by atoms with Gasteiger partial charge in [-0.2, -0.15) is 0 Å². The van der Waals surface area contributed by atoms with Gasteiger partial charge >= 0.3 is 0 Å². The first-order valence-corrected chi connectivity index (χ1v) is 6.06. The first-order chi connectivity index (χ1) is 8.56. The topological polar surface area (TPSA) is 65.2 Å². The molecule has 0 unspecified atom stereocenters. The molecule has 0 spiro atoms. The normalized spacial score (nSPS) is 10.1. The second-order valence-electron chi connectivity index (χ2n) is 3.74. The molecule has 2 N–H and O–H groups in total. The van der Waals surface area contributed by atoms with Crippen LogP contribution in [0.4, 0.5) is 0 Å². The van der Waals surface area contributed by atoms with Crippen molar-refractivity contribution in [2.45, 2.75) is 6.92 Å². The maximum atomic E-state index is 11.0. The van der Waals surface area contributed by atoms with Crippen molar-refractivity contribution in [3.05, 3.63) is 52.1 Å². The smallest absolute Gasteiger partial charge is 0.267 e. The number of nitrogens with zero attached hydrogens (tertiary/aromatic N) is 1. The zero-order valence-corrected chi connectivity index (χ0v) is 11.3. The zero-order chi connectivity index (χ0) is 13.1. The van der Waals surface area contributed by atoms with Crippen LogP contribution in [0.15, 0.2) is 40.9 Å². The number of aryl methyl sites for hydroxylation is 1. The third kappa shape index (κ3) is 2.87. The maximum absolute atomic E-state index is 11.0. The Morgan fingerprint density at radius 2 is 2.11 bits per heavy atom. The summed E-state index contributed by atoms with van der Waals surface area (Å²) in [6, 6.07) is 10.5. The summed E-state index contributed by atoms with van der Waals surface area (Å²) in [7, 11) is 0. The van der Waals surface area contributed by atoms with E-state index in [0.717, 1.165) is 10.0 Å². The molecule has 4 nitrogen and oxygen atoms in total. The van der Waals surface area contributed by atoms with Gasteiger partial charge in [0.25, 0.3) is 5.91 Å². The average molecular weight is 307 g/mol. The fourth-order valence-corrected chi connectivity index (χ4v) is 1.66. The maximum Gasteiger partial charge on any atom is 0.267 e. The molecule has 0 atom stereocenters. The van der Waals surface area contributed by atoms with Crippen molar-refractivity contribution in [1.82, 2.24) is 4.98 Å². The van der Waals surface area contributed by atoms with Crippen molar-refractivity contribution >= 4 is 21.8 Å². The van der Waals surface area contributed by atoms with E-state index in [-0.39, 0.29) is 5.69 Å². The number of hydrogen-bond donors (Lipinski definition) is 1. The minimum absolute atomic E-state index is 0.182. The summed E-state index contributed by atoms with van der Waals surface area (Å²) in [6.07, 6.45) is 0. The molecule has 1 heterocycles. The number of pyridine rings is 1. The van der Waals surface area contributed by atoms with Crippen LogP contribution in [0.5, 0.6) is 11.6 Å². The Hall–Kier alpha value is -1.88. The van der Waals surface area contributed by atoms with E-state index in [1.807, 2.05) is 25.1 Å². The van der Waals surface area contributed by atoms with Crippen LogP contribution in [0.1, 0.15) is 16.1 Å². The monoisotopic (exact) mass is 306 g/mol. The molecule has 0 aliphatic rings. The predicted molar refractivity (Wildman–Crippen MR) is 71.7 cm³/mol. The van der Waals surface area contributed by atoms with Crippen molar-refractivity contribution in [3.8, 4) is 11.6 Å². The second kappa shape index (κ2) is 5.18. The van der Waals surface area contributed by atoms with E-state index in [0.29, 0.717) is 11.6 Å². The van der Waals surface area contributed by atoms with Gasteiger partial charge in [-0.15, -0.1) is 0 Å². The molecule has 0 aliphatic carbocycles. The number of hydrogen-bond acceptors (Lipinski definition) is 3. The molecule has 0 radical (unpaired) electrons. The van der Waals surface area contributed by atoms with Gasteiger partial charge in [0, 0.05) is 10.5 Å². The van der Waals surface area contributed by atoms with Crippen LogP contribution >= 0.6 is 15.9 Å². The number of benzene rings is 1. The fraction of sp³-hybridized carbons (Fsp3) is 0.0769. The Morgan fingerprint density at radius 1 is 1.33 bits per heavy atom. The van der Waals surface area contributed by atoms with Gasteiger partial charge in [0.05, 0.1) is 0 Å². The van der Waals surface area contributed by atoms with Gasteiger partial charge in [0.1, 0.15) is 11.4 Å². The summed E-state index contributed by atoms with van der Waals surface area (Å²) in [5.74, 6) is 0.422. The van der Waals surface area contributed by atoms with Crippen LogP contribution in [0, 0.1) is 6.92 Å². The highest BCUT2D eigenvalue weighted by Crippen LogP contribution is 2.25. The lowest BCUT2D eigenvalue weighted by atomic mass is 10.2. The molecular weight excluding hydrogens is 296 g/mol. The lowest BCUT2D eigenvalue weighted by molar-refractivity contribution is 0.0995. The summed E-state index contributed by atoms with van der Waals surface area (Å²) in [5, 5.41) is 0. The highest BCUT2D eigenvalue weighted by atomic mass is 79.9. The van der Waals surface area contributed by atoms with E-state index in [1.54, 1.807) is 18.2 Å². The van der Waals surface area contributed by atoms with Crippen LogP contribution in [0.25, 0.3) is 0 Å². The van der Waals surface area contributed by atoms with Crippen LogP contribution in [-0.2, 0) is 0 Å². The highest BCUT2D eigenvalue weighted by Gasteiger charge is 2.05. The Kier molecular flexibility index (Phi) is 3.62. The zero-order valence-electron chi connectivity index (χ0n) is 9.68. The fourth-order valence-electron chi connectivity index (χ4n) is 1.41. The first-order valence-electron chi connectivity index (χ1n) is 5.27. The molecule has 1 aromatic heterocycles. The molecule has 0 bridgehead atoms.